The number of fused-ring (bicyclic) bond motifs is 2. The molecule has 0 amide bonds. The number of carbonyl (C=O) groups is 1. The Labute approximate surface area is 121 Å². The third kappa shape index (κ3) is 1.73. The minimum atomic E-state index is -0.773. The fourth-order valence-corrected chi connectivity index (χ4v) is 3.96. The van der Waals surface area contributed by atoms with E-state index in [9.17, 15) is 9.90 Å². The van der Waals surface area contributed by atoms with E-state index >= 15 is 0 Å². The van der Waals surface area contributed by atoms with Gasteiger partial charge in [0, 0.05) is 6.54 Å². The topological polar surface area (TPSA) is 92.4 Å². The highest BCUT2D eigenvalue weighted by atomic mass is 16.5. The zero-order chi connectivity index (χ0) is 14.6. The van der Waals surface area contributed by atoms with E-state index in [0.29, 0.717) is 23.1 Å². The minimum Gasteiger partial charge on any atom is -0.480 e. The van der Waals surface area contributed by atoms with Crippen LogP contribution >= 0.6 is 0 Å². The summed E-state index contributed by atoms with van der Waals surface area (Å²) in [6.45, 7) is 2.56. The fourth-order valence-electron chi connectivity index (χ4n) is 3.96. The molecule has 0 spiro atoms. The smallest absolute Gasteiger partial charge is 0.326 e. The van der Waals surface area contributed by atoms with Crippen molar-refractivity contribution in [3.8, 4) is 0 Å². The Hall–Kier alpha value is -2.18. The summed E-state index contributed by atoms with van der Waals surface area (Å²) < 4.78 is 5.16. The number of carboxylic acid groups (broad SMARTS) is 1. The van der Waals surface area contributed by atoms with Crippen LogP contribution in [0.25, 0.3) is 11.1 Å². The summed E-state index contributed by atoms with van der Waals surface area (Å²) in [5.41, 5.74) is 1.11. The van der Waals surface area contributed by atoms with Crippen LogP contribution in [0.1, 0.15) is 25.0 Å². The van der Waals surface area contributed by atoms with Crippen molar-refractivity contribution in [2.24, 2.45) is 11.8 Å². The zero-order valence-electron chi connectivity index (χ0n) is 11.7. The molecule has 0 aromatic carbocycles. The van der Waals surface area contributed by atoms with Gasteiger partial charge in [0.25, 0.3) is 5.71 Å². The van der Waals surface area contributed by atoms with Crippen LogP contribution < -0.4 is 4.90 Å². The number of hydrogen-bond acceptors (Lipinski definition) is 6. The molecule has 1 aliphatic carbocycles. The van der Waals surface area contributed by atoms with Gasteiger partial charge in [-0.2, -0.15) is 4.98 Å². The predicted molar refractivity (Wildman–Crippen MR) is 73.9 cm³/mol. The molecule has 2 aliphatic rings. The first kappa shape index (κ1) is 12.6. The van der Waals surface area contributed by atoms with Gasteiger partial charge in [0.05, 0.1) is 5.69 Å². The molecular formula is C14H16N4O3. The molecule has 21 heavy (non-hydrogen) atoms. The first-order valence-corrected chi connectivity index (χ1v) is 7.23. The molecule has 3 heterocycles. The second-order valence-electron chi connectivity index (χ2n) is 5.94. The summed E-state index contributed by atoms with van der Waals surface area (Å²) in [5, 5.41) is 14.3. The molecule has 1 saturated heterocycles. The number of rotatable bonds is 2. The molecule has 7 nitrogen and oxygen atoms in total. The van der Waals surface area contributed by atoms with Crippen molar-refractivity contribution in [2.45, 2.75) is 32.2 Å². The monoisotopic (exact) mass is 288 g/mol. The van der Waals surface area contributed by atoms with Crippen molar-refractivity contribution in [2.75, 3.05) is 11.4 Å². The van der Waals surface area contributed by atoms with Gasteiger partial charge in [-0.05, 0) is 31.6 Å². The summed E-state index contributed by atoms with van der Waals surface area (Å²) >= 11 is 0. The van der Waals surface area contributed by atoms with Crippen molar-refractivity contribution in [1.82, 2.24) is 15.1 Å². The lowest BCUT2D eigenvalue weighted by molar-refractivity contribution is -0.139. The molecule has 2 aromatic rings. The third-order valence-corrected chi connectivity index (χ3v) is 4.84. The molecule has 0 radical (unpaired) electrons. The normalized spacial score (nSPS) is 28.2. The second-order valence-corrected chi connectivity index (χ2v) is 5.94. The average Bonchev–Trinajstić information content (AvgIpc) is 3.12. The first-order chi connectivity index (χ1) is 10.2. The lowest BCUT2D eigenvalue weighted by Gasteiger charge is -2.25. The van der Waals surface area contributed by atoms with Gasteiger partial charge in [-0.1, -0.05) is 11.6 Å². The molecule has 1 aliphatic heterocycles. The van der Waals surface area contributed by atoms with E-state index in [-0.39, 0.29) is 5.92 Å². The lowest BCUT2D eigenvalue weighted by Crippen LogP contribution is -2.40. The van der Waals surface area contributed by atoms with E-state index in [0.717, 1.165) is 31.2 Å². The van der Waals surface area contributed by atoms with Crippen LogP contribution in [-0.2, 0) is 4.79 Å². The molecule has 1 N–H and O–H groups in total. The summed E-state index contributed by atoms with van der Waals surface area (Å²) in [5.74, 6) is 0.523. The quantitative estimate of drug-likeness (QED) is 0.897. The van der Waals surface area contributed by atoms with E-state index in [4.69, 9.17) is 4.52 Å². The molecule has 1 saturated carbocycles. The average molecular weight is 288 g/mol. The van der Waals surface area contributed by atoms with Gasteiger partial charge in [-0.25, -0.2) is 9.78 Å². The van der Waals surface area contributed by atoms with Gasteiger partial charge in [0.1, 0.15) is 23.6 Å². The highest BCUT2D eigenvalue weighted by Gasteiger charge is 2.48. The van der Waals surface area contributed by atoms with E-state index < -0.39 is 12.0 Å². The summed E-state index contributed by atoms with van der Waals surface area (Å²) in [7, 11) is 0. The molecule has 2 aromatic heterocycles. The van der Waals surface area contributed by atoms with E-state index in [1.54, 1.807) is 0 Å². The van der Waals surface area contributed by atoms with E-state index in [1.165, 1.54) is 6.33 Å². The molecule has 4 rings (SSSR count). The summed E-state index contributed by atoms with van der Waals surface area (Å²) in [6, 6.07) is -0.509. The fraction of sp³-hybridized carbons (Fsp3) is 0.571. The summed E-state index contributed by atoms with van der Waals surface area (Å²) in [6.07, 6.45) is 4.62. The summed E-state index contributed by atoms with van der Waals surface area (Å²) in [4.78, 5) is 22.1. The van der Waals surface area contributed by atoms with Crippen molar-refractivity contribution in [1.29, 1.82) is 0 Å². The standard InChI is InChI=1S/C14H16N4O3/c1-7-10-12(15-6-16-13(10)21-17-7)18-5-8-3-2-4-9(8)11(18)14(19)20/h6,8-9,11H,2-5H2,1H3,(H,19,20). The Morgan fingerprint density at radius 1 is 1.43 bits per heavy atom. The van der Waals surface area contributed by atoms with Crippen molar-refractivity contribution in [3.63, 3.8) is 0 Å². The number of aromatic nitrogens is 3. The number of aliphatic carboxylic acids is 1. The number of anilines is 1. The number of nitrogens with zero attached hydrogens (tertiary/aromatic N) is 4. The number of aryl methyl sites for hydroxylation is 1. The zero-order valence-corrected chi connectivity index (χ0v) is 11.7. The lowest BCUT2D eigenvalue weighted by atomic mass is 9.94. The van der Waals surface area contributed by atoms with Crippen LogP contribution in [-0.4, -0.2) is 38.8 Å². The van der Waals surface area contributed by atoms with Gasteiger partial charge in [-0.3, -0.25) is 0 Å². The van der Waals surface area contributed by atoms with Gasteiger partial charge < -0.3 is 14.5 Å². The van der Waals surface area contributed by atoms with Crippen molar-refractivity contribution in [3.05, 3.63) is 12.0 Å². The Balaban J connectivity index is 1.84. The van der Waals surface area contributed by atoms with Gasteiger partial charge in [0.15, 0.2) is 0 Å². The molecule has 3 atom stereocenters. The minimum absolute atomic E-state index is 0.215. The molecule has 3 unspecified atom stereocenters. The van der Waals surface area contributed by atoms with Crippen LogP contribution in [0.15, 0.2) is 10.9 Å². The maximum atomic E-state index is 11.8. The van der Waals surface area contributed by atoms with Crippen molar-refractivity contribution >= 4 is 22.9 Å². The SMILES string of the molecule is Cc1noc2ncnc(N3CC4CCCC4C3C(=O)O)c12. The third-order valence-electron chi connectivity index (χ3n) is 4.84. The van der Waals surface area contributed by atoms with Crippen LogP contribution in [0.3, 0.4) is 0 Å². The van der Waals surface area contributed by atoms with Crippen molar-refractivity contribution < 1.29 is 14.4 Å². The van der Waals surface area contributed by atoms with E-state index in [2.05, 4.69) is 15.1 Å². The predicted octanol–water partition coefficient (Wildman–Crippen LogP) is 1.62. The second kappa shape index (κ2) is 4.41. The maximum Gasteiger partial charge on any atom is 0.326 e. The molecule has 7 heteroatoms. The maximum absolute atomic E-state index is 11.8. The van der Waals surface area contributed by atoms with Crippen LogP contribution in [0.4, 0.5) is 5.82 Å². The Bertz CT molecular complexity index is 713. The Morgan fingerprint density at radius 3 is 3.10 bits per heavy atom. The Kier molecular flexibility index (Phi) is 2.63. The largest absolute Gasteiger partial charge is 0.480 e. The molecule has 2 fully saturated rings. The van der Waals surface area contributed by atoms with Gasteiger partial charge in [-0.15, -0.1) is 0 Å². The van der Waals surface area contributed by atoms with Crippen LogP contribution in [0, 0.1) is 18.8 Å². The number of hydrogen-bond donors (Lipinski definition) is 1. The number of carboxylic acids is 1. The molecular weight excluding hydrogens is 272 g/mol. The van der Waals surface area contributed by atoms with Crippen LogP contribution in [0.5, 0.6) is 0 Å². The molecule has 110 valence electrons. The van der Waals surface area contributed by atoms with Gasteiger partial charge in [0.2, 0.25) is 0 Å². The Morgan fingerprint density at radius 2 is 2.29 bits per heavy atom. The highest BCUT2D eigenvalue weighted by molar-refractivity contribution is 5.91. The van der Waals surface area contributed by atoms with Gasteiger partial charge >= 0.3 is 5.97 Å². The van der Waals surface area contributed by atoms with Crippen LogP contribution in [0.2, 0.25) is 0 Å². The van der Waals surface area contributed by atoms with E-state index in [1.807, 2.05) is 11.8 Å². The first-order valence-electron chi connectivity index (χ1n) is 7.23. The molecule has 0 bridgehead atoms. The highest BCUT2D eigenvalue weighted by Crippen LogP contribution is 2.44.